The Morgan fingerprint density at radius 3 is 3.09 bits per heavy atom. The summed E-state index contributed by atoms with van der Waals surface area (Å²) < 4.78 is 1.70. The van der Waals surface area contributed by atoms with E-state index in [9.17, 15) is 4.79 Å². The van der Waals surface area contributed by atoms with Crippen LogP contribution in [0.2, 0.25) is 0 Å². The smallest absolute Gasteiger partial charge is 0.255 e. The minimum atomic E-state index is -0.0420. The molecule has 1 atom stereocenters. The van der Waals surface area contributed by atoms with Gasteiger partial charge in [-0.3, -0.25) is 9.48 Å². The van der Waals surface area contributed by atoms with E-state index in [1.54, 1.807) is 10.9 Å². The average molecular weight is 298 g/mol. The Hall–Kier alpha value is -2.30. The van der Waals surface area contributed by atoms with E-state index in [0.717, 1.165) is 37.1 Å². The molecule has 3 rings (SSSR count). The number of benzene rings is 1. The third-order valence-corrected chi connectivity index (χ3v) is 4.27. The molecule has 1 aliphatic rings. The second kappa shape index (κ2) is 5.83. The molecule has 1 unspecified atom stereocenters. The standard InChI is InChI=1S/C17H22N4O/c1-3-15-14(10-21(2)20-15)17(22)19-16-6-4-5-11-9-12(18)7-8-13(11)16/h7-10,16H,3-6,18H2,1-2H3,(H,19,22). The Labute approximate surface area is 130 Å². The zero-order valence-electron chi connectivity index (χ0n) is 13.1. The summed E-state index contributed by atoms with van der Waals surface area (Å²) in [6.45, 7) is 2.01. The SMILES string of the molecule is CCc1nn(C)cc1C(=O)NC1CCCc2cc(N)ccc21. The van der Waals surface area contributed by atoms with E-state index in [2.05, 4.69) is 10.4 Å². The molecule has 116 valence electrons. The minimum Gasteiger partial charge on any atom is -0.399 e. The van der Waals surface area contributed by atoms with Crippen LogP contribution in [0.3, 0.4) is 0 Å². The Kier molecular flexibility index (Phi) is 3.88. The Morgan fingerprint density at radius 2 is 2.32 bits per heavy atom. The van der Waals surface area contributed by atoms with Gasteiger partial charge in [0.05, 0.1) is 17.3 Å². The molecule has 22 heavy (non-hydrogen) atoms. The number of carbonyl (C=O) groups excluding carboxylic acids is 1. The number of nitrogens with one attached hydrogen (secondary N) is 1. The van der Waals surface area contributed by atoms with Crippen LogP contribution in [0.5, 0.6) is 0 Å². The second-order valence-corrected chi connectivity index (χ2v) is 5.89. The number of amides is 1. The van der Waals surface area contributed by atoms with Crippen molar-refractivity contribution in [2.24, 2.45) is 7.05 Å². The number of carbonyl (C=O) groups is 1. The van der Waals surface area contributed by atoms with E-state index in [4.69, 9.17) is 5.73 Å². The molecule has 1 amide bonds. The molecule has 0 bridgehead atoms. The van der Waals surface area contributed by atoms with Gasteiger partial charge < -0.3 is 11.1 Å². The van der Waals surface area contributed by atoms with Gasteiger partial charge in [0, 0.05) is 18.9 Å². The molecule has 0 spiro atoms. The van der Waals surface area contributed by atoms with E-state index in [1.165, 1.54) is 11.1 Å². The lowest BCUT2D eigenvalue weighted by Crippen LogP contribution is -2.31. The van der Waals surface area contributed by atoms with Gasteiger partial charge in [-0.15, -0.1) is 0 Å². The molecule has 1 aromatic carbocycles. The van der Waals surface area contributed by atoms with Crippen LogP contribution in [0.4, 0.5) is 5.69 Å². The zero-order valence-corrected chi connectivity index (χ0v) is 13.1. The number of rotatable bonds is 3. The molecule has 1 heterocycles. The number of aromatic nitrogens is 2. The fourth-order valence-corrected chi connectivity index (χ4v) is 3.21. The lowest BCUT2D eigenvalue weighted by atomic mass is 9.87. The van der Waals surface area contributed by atoms with Gasteiger partial charge in [-0.05, 0) is 48.9 Å². The van der Waals surface area contributed by atoms with Crippen molar-refractivity contribution in [1.29, 1.82) is 0 Å². The maximum absolute atomic E-state index is 12.6. The molecule has 0 aliphatic heterocycles. The van der Waals surface area contributed by atoms with Crippen molar-refractivity contribution in [1.82, 2.24) is 15.1 Å². The highest BCUT2D eigenvalue weighted by molar-refractivity contribution is 5.95. The summed E-state index contributed by atoms with van der Waals surface area (Å²) in [6, 6.07) is 6.03. The van der Waals surface area contributed by atoms with Crippen LogP contribution in [0, 0.1) is 0 Å². The van der Waals surface area contributed by atoms with Gasteiger partial charge in [0.15, 0.2) is 0 Å². The van der Waals surface area contributed by atoms with Gasteiger partial charge in [-0.25, -0.2) is 0 Å². The van der Waals surface area contributed by atoms with Crippen LogP contribution >= 0.6 is 0 Å². The topological polar surface area (TPSA) is 72.9 Å². The van der Waals surface area contributed by atoms with Crippen molar-refractivity contribution in [3.8, 4) is 0 Å². The molecule has 5 heteroatoms. The fourth-order valence-electron chi connectivity index (χ4n) is 3.21. The molecule has 0 saturated heterocycles. The quantitative estimate of drug-likeness (QED) is 0.854. The Balaban J connectivity index is 1.83. The van der Waals surface area contributed by atoms with Crippen molar-refractivity contribution in [2.45, 2.75) is 38.6 Å². The number of fused-ring (bicyclic) bond motifs is 1. The number of hydrogen-bond donors (Lipinski definition) is 2. The van der Waals surface area contributed by atoms with E-state index in [0.29, 0.717) is 5.56 Å². The van der Waals surface area contributed by atoms with Gasteiger partial charge in [0.1, 0.15) is 0 Å². The number of nitrogens with zero attached hydrogens (tertiary/aromatic N) is 2. The van der Waals surface area contributed by atoms with Gasteiger partial charge >= 0.3 is 0 Å². The first kappa shape index (κ1) is 14.6. The summed E-state index contributed by atoms with van der Waals surface area (Å²) in [5.41, 5.74) is 10.6. The van der Waals surface area contributed by atoms with Gasteiger partial charge in [0.25, 0.3) is 5.91 Å². The van der Waals surface area contributed by atoms with E-state index in [-0.39, 0.29) is 11.9 Å². The first-order chi connectivity index (χ1) is 10.6. The molecule has 5 nitrogen and oxygen atoms in total. The van der Waals surface area contributed by atoms with Crippen molar-refractivity contribution < 1.29 is 4.79 Å². The van der Waals surface area contributed by atoms with Gasteiger partial charge in [-0.1, -0.05) is 13.0 Å². The van der Waals surface area contributed by atoms with E-state index < -0.39 is 0 Å². The van der Waals surface area contributed by atoms with Crippen molar-refractivity contribution >= 4 is 11.6 Å². The summed E-state index contributed by atoms with van der Waals surface area (Å²) >= 11 is 0. The predicted octanol–water partition coefficient (Wildman–Crippen LogP) is 2.37. The highest BCUT2D eigenvalue weighted by Crippen LogP contribution is 2.31. The normalized spacial score (nSPS) is 17.1. The van der Waals surface area contributed by atoms with E-state index in [1.807, 2.05) is 32.2 Å². The van der Waals surface area contributed by atoms with Crippen LogP contribution in [-0.2, 0) is 19.9 Å². The number of anilines is 1. The number of hydrogen-bond acceptors (Lipinski definition) is 3. The van der Waals surface area contributed by atoms with Crippen molar-refractivity contribution in [2.75, 3.05) is 5.73 Å². The largest absolute Gasteiger partial charge is 0.399 e. The fraction of sp³-hybridized carbons (Fsp3) is 0.412. The summed E-state index contributed by atoms with van der Waals surface area (Å²) in [7, 11) is 1.84. The Morgan fingerprint density at radius 1 is 1.50 bits per heavy atom. The predicted molar refractivity (Wildman–Crippen MR) is 86.6 cm³/mol. The molecule has 0 fully saturated rings. The highest BCUT2D eigenvalue weighted by atomic mass is 16.1. The summed E-state index contributed by atoms with van der Waals surface area (Å²) in [4.78, 5) is 12.6. The third-order valence-electron chi connectivity index (χ3n) is 4.27. The number of nitrogens with two attached hydrogens (primary N) is 1. The molecule has 2 aromatic rings. The van der Waals surface area contributed by atoms with Crippen molar-refractivity contribution in [3.63, 3.8) is 0 Å². The van der Waals surface area contributed by atoms with Crippen LogP contribution in [0.15, 0.2) is 24.4 Å². The summed E-state index contributed by atoms with van der Waals surface area (Å²) in [5, 5.41) is 7.50. The highest BCUT2D eigenvalue weighted by Gasteiger charge is 2.24. The molecule has 1 aliphatic carbocycles. The van der Waals surface area contributed by atoms with Crippen LogP contribution in [-0.4, -0.2) is 15.7 Å². The first-order valence-corrected chi connectivity index (χ1v) is 7.80. The monoisotopic (exact) mass is 298 g/mol. The average Bonchev–Trinajstić information content (AvgIpc) is 2.88. The maximum Gasteiger partial charge on any atom is 0.255 e. The van der Waals surface area contributed by atoms with Gasteiger partial charge in [-0.2, -0.15) is 5.10 Å². The van der Waals surface area contributed by atoms with Crippen LogP contribution in [0.1, 0.15) is 53.0 Å². The minimum absolute atomic E-state index is 0.0420. The molecule has 1 aromatic heterocycles. The van der Waals surface area contributed by atoms with Crippen LogP contribution < -0.4 is 11.1 Å². The molecular weight excluding hydrogens is 276 g/mol. The van der Waals surface area contributed by atoms with Crippen LogP contribution in [0.25, 0.3) is 0 Å². The number of nitrogen functional groups attached to an aromatic ring is 1. The first-order valence-electron chi connectivity index (χ1n) is 7.80. The summed E-state index contributed by atoms with van der Waals surface area (Å²) in [5.74, 6) is -0.0420. The summed E-state index contributed by atoms with van der Waals surface area (Å²) in [6.07, 6.45) is 5.60. The molecule has 3 N–H and O–H groups in total. The maximum atomic E-state index is 12.6. The second-order valence-electron chi connectivity index (χ2n) is 5.89. The Bertz CT molecular complexity index is 705. The number of aryl methyl sites for hydroxylation is 3. The lowest BCUT2D eigenvalue weighted by molar-refractivity contribution is 0.0932. The van der Waals surface area contributed by atoms with Crippen molar-refractivity contribution in [3.05, 3.63) is 46.8 Å². The van der Waals surface area contributed by atoms with Gasteiger partial charge in [0.2, 0.25) is 0 Å². The third kappa shape index (κ3) is 2.71. The molecular formula is C17H22N4O. The zero-order chi connectivity index (χ0) is 15.7. The molecule has 0 radical (unpaired) electrons. The lowest BCUT2D eigenvalue weighted by Gasteiger charge is -2.26. The van der Waals surface area contributed by atoms with E-state index >= 15 is 0 Å². The molecule has 0 saturated carbocycles.